The molecule has 0 unspecified atom stereocenters. The number of hydrogen-bond acceptors (Lipinski definition) is 3. The Kier molecular flexibility index (Phi) is 3.66. The van der Waals surface area contributed by atoms with Gasteiger partial charge in [0, 0.05) is 0 Å². The molecule has 1 heterocycles. The standard InChI is InChI=1S/C14H15NO3Si/c1-19(2,13-6-4-3-5-7-13)14-9-8-12(18-14)10-11-15(16)17/h3-11H,1-2H3/b11-10+. The second-order valence-corrected chi connectivity index (χ2v) is 9.11. The molecule has 0 radical (unpaired) electrons. The van der Waals surface area contributed by atoms with Crippen molar-refractivity contribution in [3.63, 3.8) is 0 Å². The summed E-state index contributed by atoms with van der Waals surface area (Å²) in [7, 11) is -1.86. The Hall–Kier alpha value is -2.14. The quantitative estimate of drug-likeness (QED) is 0.488. The molecule has 0 bridgehead atoms. The van der Waals surface area contributed by atoms with E-state index in [1.54, 1.807) is 6.07 Å². The summed E-state index contributed by atoms with van der Waals surface area (Å²) in [5.74, 6) is 0.517. The first-order valence-corrected chi connectivity index (χ1v) is 8.97. The molecular weight excluding hydrogens is 258 g/mol. The van der Waals surface area contributed by atoms with Crippen molar-refractivity contribution in [1.29, 1.82) is 0 Å². The third-order valence-corrected chi connectivity index (χ3v) is 6.38. The summed E-state index contributed by atoms with van der Waals surface area (Å²) in [4.78, 5) is 9.79. The topological polar surface area (TPSA) is 56.3 Å². The molecule has 19 heavy (non-hydrogen) atoms. The van der Waals surface area contributed by atoms with Gasteiger partial charge in [-0.15, -0.1) is 0 Å². The highest BCUT2D eigenvalue weighted by molar-refractivity contribution is 6.99. The van der Waals surface area contributed by atoms with Gasteiger partial charge >= 0.3 is 0 Å². The molecule has 0 fully saturated rings. The minimum atomic E-state index is -1.86. The fraction of sp³-hybridized carbons (Fsp3) is 0.143. The van der Waals surface area contributed by atoms with Crippen molar-refractivity contribution in [3.05, 3.63) is 64.5 Å². The Morgan fingerprint density at radius 2 is 1.84 bits per heavy atom. The van der Waals surface area contributed by atoms with Crippen LogP contribution in [-0.2, 0) is 0 Å². The molecule has 0 spiro atoms. The number of hydrogen-bond donors (Lipinski definition) is 0. The van der Waals surface area contributed by atoms with Crippen LogP contribution in [0, 0.1) is 10.1 Å². The van der Waals surface area contributed by atoms with E-state index in [1.807, 2.05) is 24.3 Å². The van der Waals surface area contributed by atoms with Crippen molar-refractivity contribution in [2.24, 2.45) is 0 Å². The molecule has 2 rings (SSSR count). The molecule has 0 saturated heterocycles. The molecule has 98 valence electrons. The highest BCUT2D eigenvalue weighted by atomic mass is 28.3. The highest BCUT2D eigenvalue weighted by Crippen LogP contribution is 2.09. The number of rotatable bonds is 4. The van der Waals surface area contributed by atoms with Crippen LogP contribution in [0.25, 0.3) is 6.08 Å². The Balaban J connectivity index is 2.29. The molecule has 2 aromatic rings. The summed E-state index contributed by atoms with van der Waals surface area (Å²) in [5.41, 5.74) is 0. The van der Waals surface area contributed by atoms with Gasteiger partial charge in [-0.3, -0.25) is 10.1 Å². The van der Waals surface area contributed by atoms with Crippen LogP contribution in [0.5, 0.6) is 0 Å². The van der Waals surface area contributed by atoms with Crippen molar-refractivity contribution >= 4 is 24.7 Å². The van der Waals surface area contributed by atoms with Crippen LogP contribution in [0.3, 0.4) is 0 Å². The van der Waals surface area contributed by atoms with Crippen molar-refractivity contribution in [1.82, 2.24) is 0 Å². The van der Waals surface area contributed by atoms with Crippen LogP contribution in [0.4, 0.5) is 0 Å². The second kappa shape index (κ2) is 5.24. The lowest BCUT2D eigenvalue weighted by Crippen LogP contribution is -2.52. The average molecular weight is 273 g/mol. The Bertz CT molecular complexity index is 602. The fourth-order valence-electron chi connectivity index (χ4n) is 1.91. The van der Waals surface area contributed by atoms with E-state index in [0.29, 0.717) is 5.76 Å². The molecule has 0 saturated carbocycles. The third-order valence-electron chi connectivity index (χ3n) is 3.10. The summed E-state index contributed by atoms with van der Waals surface area (Å²) < 4.78 is 5.72. The van der Waals surface area contributed by atoms with Gasteiger partial charge in [-0.25, -0.2) is 0 Å². The van der Waals surface area contributed by atoms with Gasteiger partial charge in [-0.05, 0) is 12.1 Å². The molecule has 4 nitrogen and oxygen atoms in total. The van der Waals surface area contributed by atoms with Gasteiger partial charge in [0.1, 0.15) is 5.76 Å². The van der Waals surface area contributed by atoms with E-state index < -0.39 is 13.0 Å². The Morgan fingerprint density at radius 3 is 2.47 bits per heavy atom. The first-order valence-electron chi connectivity index (χ1n) is 5.97. The number of furan rings is 1. The van der Waals surface area contributed by atoms with E-state index in [2.05, 4.69) is 25.2 Å². The first kappa shape index (κ1) is 13.3. The lowest BCUT2D eigenvalue weighted by atomic mass is 10.4. The minimum absolute atomic E-state index is 0.498. The van der Waals surface area contributed by atoms with Gasteiger partial charge in [0.2, 0.25) is 6.20 Å². The maximum Gasteiger partial charge on any atom is 0.238 e. The fourth-order valence-corrected chi connectivity index (χ4v) is 4.09. The van der Waals surface area contributed by atoms with Crippen LogP contribution >= 0.6 is 0 Å². The SMILES string of the molecule is C[Si](C)(c1ccccc1)c1ccc(/C=C/[N+](=O)[O-])o1. The molecule has 0 atom stereocenters. The van der Waals surface area contributed by atoms with Gasteiger partial charge in [0.25, 0.3) is 0 Å². The molecule has 1 aromatic heterocycles. The summed E-state index contributed by atoms with van der Waals surface area (Å²) in [6, 6.07) is 13.9. The maximum atomic E-state index is 10.3. The van der Waals surface area contributed by atoms with E-state index in [0.717, 1.165) is 11.6 Å². The number of benzene rings is 1. The van der Waals surface area contributed by atoms with Crippen molar-refractivity contribution in [2.45, 2.75) is 13.1 Å². The maximum absolute atomic E-state index is 10.3. The van der Waals surface area contributed by atoms with E-state index in [-0.39, 0.29) is 0 Å². The molecular formula is C14H15NO3Si. The Morgan fingerprint density at radius 1 is 1.16 bits per heavy atom. The highest BCUT2D eigenvalue weighted by Gasteiger charge is 2.29. The zero-order valence-corrected chi connectivity index (χ0v) is 11.9. The summed E-state index contributed by atoms with van der Waals surface area (Å²) in [6.45, 7) is 4.39. The van der Waals surface area contributed by atoms with Gasteiger partial charge in [0.05, 0.1) is 16.4 Å². The Labute approximate surface area is 112 Å². The zero-order chi connectivity index (χ0) is 13.9. The minimum Gasteiger partial charge on any atom is -0.466 e. The van der Waals surface area contributed by atoms with Crippen molar-refractivity contribution < 1.29 is 9.34 Å². The monoisotopic (exact) mass is 273 g/mol. The van der Waals surface area contributed by atoms with E-state index in [1.165, 1.54) is 11.3 Å². The van der Waals surface area contributed by atoms with Crippen molar-refractivity contribution in [3.8, 4) is 0 Å². The van der Waals surface area contributed by atoms with Crippen LogP contribution in [0.1, 0.15) is 5.76 Å². The predicted octanol–water partition coefficient (Wildman–Crippen LogP) is 2.35. The van der Waals surface area contributed by atoms with Gasteiger partial charge in [-0.2, -0.15) is 0 Å². The van der Waals surface area contributed by atoms with Crippen LogP contribution in [0.2, 0.25) is 13.1 Å². The van der Waals surface area contributed by atoms with E-state index >= 15 is 0 Å². The van der Waals surface area contributed by atoms with Gasteiger partial charge in [-0.1, -0.05) is 48.6 Å². The molecule has 0 aliphatic carbocycles. The smallest absolute Gasteiger partial charge is 0.238 e. The summed E-state index contributed by atoms with van der Waals surface area (Å²) in [6.07, 6.45) is 2.26. The molecule has 1 aromatic carbocycles. The summed E-state index contributed by atoms with van der Waals surface area (Å²) >= 11 is 0. The van der Waals surface area contributed by atoms with Crippen LogP contribution in [0.15, 0.2) is 53.1 Å². The molecule has 0 aliphatic rings. The predicted molar refractivity (Wildman–Crippen MR) is 77.9 cm³/mol. The lowest BCUT2D eigenvalue weighted by Gasteiger charge is -2.19. The van der Waals surface area contributed by atoms with Crippen LogP contribution in [-0.4, -0.2) is 13.0 Å². The van der Waals surface area contributed by atoms with E-state index in [9.17, 15) is 10.1 Å². The first-order chi connectivity index (χ1) is 9.00. The van der Waals surface area contributed by atoms with Gasteiger partial charge < -0.3 is 4.42 Å². The summed E-state index contributed by atoms with van der Waals surface area (Å²) in [5, 5.41) is 12.5. The number of nitrogens with zero attached hydrogens (tertiary/aromatic N) is 1. The normalized spacial score (nSPS) is 11.9. The molecule has 0 amide bonds. The second-order valence-electron chi connectivity index (χ2n) is 4.79. The molecule has 0 N–H and O–H groups in total. The van der Waals surface area contributed by atoms with E-state index in [4.69, 9.17) is 4.42 Å². The van der Waals surface area contributed by atoms with Crippen LogP contribution < -0.4 is 10.6 Å². The lowest BCUT2D eigenvalue weighted by molar-refractivity contribution is -0.401. The average Bonchev–Trinajstić information content (AvgIpc) is 2.87. The third kappa shape index (κ3) is 3.00. The largest absolute Gasteiger partial charge is 0.466 e. The zero-order valence-electron chi connectivity index (χ0n) is 10.9. The molecule has 0 aliphatic heterocycles. The van der Waals surface area contributed by atoms with Crippen molar-refractivity contribution in [2.75, 3.05) is 0 Å². The molecule has 5 heteroatoms. The number of nitro groups is 1. The van der Waals surface area contributed by atoms with Gasteiger partial charge in [0.15, 0.2) is 8.07 Å².